The van der Waals surface area contributed by atoms with Gasteiger partial charge in [-0.05, 0) is 53.3 Å². The van der Waals surface area contributed by atoms with Crippen LogP contribution < -0.4 is 4.90 Å². The van der Waals surface area contributed by atoms with E-state index < -0.39 is 0 Å². The number of H-pyrrole nitrogens is 1. The maximum atomic E-state index is 4.31. The summed E-state index contributed by atoms with van der Waals surface area (Å²) in [5.41, 5.74) is 6.02. The van der Waals surface area contributed by atoms with Crippen LogP contribution in [-0.4, -0.2) is 61.9 Å². The molecule has 1 saturated heterocycles. The Morgan fingerprint density at radius 2 is 1.93 bits per heavy atom. The number of piperazine rings is 1. The molecule has 30 heavy (non-hydrogen) atoms. The lowest BCUT2D eigenvalue weighted by Gasteiger charge is -2.37. The number of hydrogen-bond donors (Lipinski definition) is 1. The highest BCUT2D eigenvalue weighted by atomic mass is 15.5. The molecular weight excluding hydrogens is 376 g/mol. The minimum atomic E-state index is 0.613. The minimum Gasteiger partial charge on any atom is -0.368 e. The molecule has 0 atom stereocenters. The van der Waals surface area contributed by atoms with Crippen molar-refractivity contribution in [3.63, 3.8) is 0 Å². The molecule has 1 aliphatic rings. The Morgan fingerprint density at radius 3 is 2.57 bits per heavy atom. The van der Waals surface area contributed by atoms with E-state index in [1.54, 1.807) is 6.20 Å². The molecule has 3 heterocycles. The molecule has 1 N–H and O–H groups in total. The van der Waals surface area contributed by atoms with Gasteiger partial charge in [-0.25, -0.2) is 0 Å². The summed E-state index contributed by atoms with van der Waals surface area (Å²) in [7, 11) is 0. The number of nitrogens with one attached hydrogen (secondary N) is 1. The zero-order valence-electron chi connectivity index (χ0n) is 18.0. The third-order valence-electron chi connectivity index (χ3n) is 5.58. The minimum absolute atomic E-state index is 0.613. The Hall–Kier alpha value is -2.87. The largest absolute Gasteiger partial charge is 0.368 e. The highest BCUT2D eigenvalue weighted by molar-refractivity contribution is 5.78. The molecule has 8 heteroatoms. The second kappa shape index (κ2) is 9.30. The average molecular weight is 407 g/mol. The summed E-state index contributed by atoms with van der Waals surface area (Å²) in [4.78, 5) is 4.91. The van der Waals surface area contributed by atoms with Gasteiger partial charge in [-0.1, -0.05) is 26.8 Å². The lowest BCUT2D eigenvalue weighted by Crippen LogP contribution is -2.46. The van der Waals surface area contributed by atoms with E-state index in [1.165, 1.54) is 16.8 Å². The number of aromatic nitrogens is 6. The summed E-state index contributed by atoms with van der Waals surface area (Å²) in [6.07, 6.45) is 3.73. The fraction of sp³-hybridized carbons (Fsp3) is 0.500. The van der Waals surface area contributed by atoms with Crippen molar-refractivity contribution in [3.05, 3.63) is 47.3 Å². The maximum absolute atomic E-state index is 4.31. The Bertz CT molecular complexity index is 931. The van der Waals surface area contributed by atoms with Crippen molar-refractivity contribution in [1.29, 1.82) is 0 Å². The van der Waals surface area contributed by atoms with Gasteiger partial charge in [-0.2, -0.15) is 15.4 Å². The molecule has 0 saturated carbocycles. The molecule has 2 aromatic heterocycles. The molecule has 1 aliphatic heterocycles. The second-order valence-electron chi connectivity index (χ2n) is 8.31. The molecule has 0 bridgehead atoms. The molecule has 0 spiro atoms. The molecule has 0 amide bonds. The zero-order chi connectivity index (χ0) is 20.9. The van der Waals surface area contributed by atoms with Crippen LogP contribution in [-0.2, 0) is 19.4 Å². The maximum Gasteiger partial charge on any atom is 0.207 e. The fourth-order valence-corrected chi connectivity index (χ4v) is 4.19. The molecule has 1 fully saturated rings. The van der Waals surface area contributed by atoms with E-state index in [1.807, 2.05) is 12.1 Å². The summed E-state index contributed by atoms with van der Waals surface area (Å²) in [5.74, 6) is 1.29. The van der Waals surface area contributed by atoms with Gasteiger partial charge in [0.25, 0.3) is 0 Å². The summed E-state index contributed by atoms with van der Waals surface area (Å²) >= 11 is 0. The normalized spacial score (nSPS) is 15.1. The Labute approximate surface area is 177 Å². The fourth-order valence-electron chi connectivity index (χ4n) is 4.19. The average Bonchev–Trinajstić information content (AvgIpc) is 3.28. The molecule has 4 rings (SSSR count). The van der Waals surface area contributed by atoms with Crippen LogP contribution in [0.15, 0.2) is 30.5 Å². The smallest absolute Gasteiger partial charge is 0.207 e. The first-order valence-corrected chi connectivity index (χ1v) is 10.8. The first-order chi connectivity index (χ1) is 14.6. The number of aromatic amines is 1. The lowest BCUT2D eigenvalue weighted by atomic mass is 9.94. The van der Waals surface area contributed by atoms with Gasteiger partial charge in [-0.15, -0.1) is 10.2 Å². The van der Waals surface area contributed by atoms with Gasteiger partial charge < -0.3 is 4.90 Å². The van der Waals surface area contributed by atoms with Crippen molar-refractivity contribution < 1.29 is 0 Å². The molecule has 0 radical (unpaired) electrons. The van der Waals surface area contributed by atoms with Crippen LogP contribution in [0.3, 0.4) is 0 Å². The zero-order valence-corrected chi connectivity index (χ0v) is 18.0. The van der Waals surface area contributed by atoms with E-state index in [9.17, 15) is 0 Å². The molecule has 1 aromatic carbocycles. The van der Waals surface area contributed by atoms with E-state index in [0.717, 1.165) is 56.8 Å². The number of nitrogens with zero attached hydrogens (tertiary/aromatic N) is 7. The molecular formula is C22H30N8. The first kappa shape index (κ1) is 20.4. The van der Waals surface area contributed by atoms with Gasteiger partial charge in [0.05, 0.1) is 5.69 Å². The van der Waals surface area contributed by atoms with Gasteiger partial charge in [0.2, 0.25) is 5.82 Å². The Morgan fingerprint density at radius 1 is 1.10 bits per heavy atom. The number of rotatable bonds is 7. The number of benzene rings is 1. The molecule has 3 aromatic rings. The van der Waals surface area contributed by atoms with Gasteiger partial charge in [0.1, 0.15) is 0 Å². The monoisotopic (exact) mass is 406 g/mol. The van der Waals surface area contributed by atoms with Crippen LogP contribution in [0.1, 0.15) is 37.6 Å². The van der Waals surface area contributed by atoms with E-state index in [0.29, 0.717) is 11.7 Å². The van der Waals surface area contributed by atoms with Crippen molar-refractivity contribution in [1.82, 2.24) is 35.7 Å². The summed E-state index contributed by atoms with van der Waals surface area (Å²) in [6, 6.07) is 8.64. The van der Waals surface area contributed by atoms with Gasteiger partial charge in [0.15, 0.2) is 0 Å². The van der Waals surface area contributed by atoms with Crippen LogP contribution in [0.2, 0.25) is 0 Å². The highest BCUT2D eigenvalue weighted by Crippen LogP contribution is 2.35. The van der Waals surface area contributed by atoms with E-state index in [-0.39, 0.29) is 0 Å². The number of aryl methyl sites for hydroxylation is 1. The quantitative estimate of drug-likeness (QED) is 0.645. The standard InChI is InChI=1S/C22H30N8/c1-4-18-13-17(12-16(2)3)14-20(21(18)22-25-27-28-26-22)30-10-8-29(9-11-30)15-19-6-5-7-23-24-19/h5-7,13-14,16H,4,8-12,15H2,1-3H3,(H,25,26,27,28). The first-order valence-electron chi connectivity index (χ1n) is 10.8. The third-order valence-corrected chi connectivity index (χ3v) is 5.58. The Balaban J connectivity index is 1.59. The summed E-state index contributed by atoms with van der Waals surface area (Å²) in [6.45, 7) is 11.5. The third kappa shape index (κ3) is 4.64. The summed E-state index contributed by atoms with van der Waals surface area (Å²) < 4.78 is 0. The molecule has 0 aliphatic carbocycles. The van der Waals surface area contributed by atoms with Crippen molar-refractivity contribution in [2.45, 2.75) is 40.2 Å². The van der Waals surface area contributed by atoms with Crippen LogP contribution in [0.4, 0.5) is 5.69 Å². The van der Waals surface area contributed by atoms with Gasteiger partial charge in [-0.3, -0.25) is 4.90 Å². The Kier molecular flexibility index (Phi) is 6.32. The van der Waals surface area contributed by atoms with Crippen LogP contribution in [0, 0.1) is 5.92 Å². The van der Waals surface area contributed by atoms with Crippen LogP contribution in [0.25, 0.3) is 11.4 Å². The predicted octanol–water partition coefficient (Wildman–Crippen LogP) is 2.74. The number of tetrazole rings is 1. The topological polar surface area (TPSA) is 86.7 Å². The van der Waals surface area contributed by atoms with Crippen molar-refractivity contribution in [2.75, 3.05) is 31.1 Å². The summed E-state index contributed by atoms with van der Waals surface area (Å²) in [5, 5.41) is 23.3. The molecule has 8 nitrogen and oxygen atoms in total. The van der Waals surface area contributed by atoms with Crippen LogP contribution in [0.5, 0.6) is 0 Å². The highest BCUT2D eigenvalue weighted by Gasteiger charge is 2.24. The van der Waals surface area contributed by atoms with Gasteiger partial charge >= 0.3 is 0 Å². The SMILES string of the molecule is CCc1cc(CC(C)C)cc(N2CCN(Cc3cccnn3)CC2)c1-c1nn[nH]n1. The van der Waals surface area contributed by atoms with E-state index >= 15 is 0 Å². The van der Waals surface area contributed by atoms with Crippen molar-refractivity contribution in [3.8, 4) is 11.4 Å². The van der Waals surface area contributed by atoms with E-state index in [2.05, 4.69) is 73.5 Å². The van der Waals surface area contributed by atoms with Gasteiger partial charge in [0, 0.05) is 50.2 Å². The second-order valence-corrected chi connectivity index (χ2v) is 8.31. The molecule has 0 unspecified atom stereocenters. The van der Waals surface area contributed by atoms with Crippen LogP contribution >= 0.6 is 0 Å². The molecule has 158 valence electrons. The number of anilines is 1. The predicted molar refractivity (Wildman–Crippen MR) is 117 cm³/mol. The lowest BCUT2D eigenvalue weighted by molar-refractivity contribution is 0.246. The van der Waals surface area contributed by atoms with Crippen molar-refractivity contribution in [2.24, 2.45) is 5.92 Å². The van der Waals surface area contributed by atoms with E-state index in [4.69, 9.17) is 0 Å². The number of hydrogen-bond acceptors (Lipinski definition) is 7. The van der Waals surface area contributed by atoms with Crippen molar-refractivity contribution >= 4 is 5.69 Å².